The fourth-order valence-electron chi connectivity index (χ4n) is 2.71. The summed E-state index contributed by atoms with van der Waals surface area (Å²) in [5.41, 5.74) is 2.79. The van der Waals surface area contributed by atoms with Crippen LogP contribution < -0.4 is 15.4 Å². The van der Waals surface area contributed by atoms with Crippen LogP contribution in [-0.4, -0.2) is 18.4 Å². The molecule has 32 heavy (non-hydrogen) atoms. The number of ether oxygens (including phenoxy) is 1. The van der Waals surface area contributed by atoms with Crippen molar-refractivity contribution >= 4 is 40.9 Å². The lowest BCUT2D eigenvalue weighted by atomic mass is 10.1. The average Bonchev–Trinajstić information content (AvgIpc) is 2.80. The fraction of sp³-hybridized carbons (Fsp3) is 0.0800. The van der Waals surface area contributed by atoms with Gasteiger partial charge in [0.15, 0.2) is 6.61 Å². The van der Waals surface area contributed by atoms with Gasteiger partial charge >= 0.3 is 0 Å². The van der Waals surface area contributed by atoms with Gasteiger partial charge in [0.2, 0.25) is 0 Å². The van der Waals surface area contributed by atoms with Crippen LogP contribution in [0.1, 0.15) is 11.1 Å². The number of nitriles is 1. The van der Waals surface area contributed by atoms with Gasteiger partial charge in [-0.1, -0.05) is 53.6 Å². The Kier molecular flexibility index (Phi) is 7.63. The third-order valence-electron chi connectivity index (χ3n) is 4.38. The molecule has 0 bridgehead atoms. The van der Waals surface area contributed by atoms with Crippen molar-refractivity contribution in [1.82, 2.24) is 0 Å². The number of para-hydroxylation sites is 1. The summed E-state index contributed by atoms with van der Waals surface area (Å²) in [6, 6.07) is 22.8. The van der Waals surface area contributed by atoms with Crippen LogP contribution in [0.25, 0.3) is 6.08 Å². The number of nitrogens with zero attached hydrogens (tertiary/aromatic N) is 1. The van der Waals surface area contributed by atoms with Crippen LogP contribution in [0.15, 0.2) is 78.4 Å². The molecule has 2 amide bonds. The number of anilines is 2. The minimum absolute atomic E-state index is 0.0731. The molecule has 0 heterocycles. The zero-order valence-electron chi connectivity index (χ0n) is 17.3. The highest BCUT2D eigenvalue weighted by Crippen LogP contribution is 2.21. The summed E-state index contributed by atoms with van der Waals surface area (Å²) >= 11 is 6.04. The third kappa shape index (κ3) is 6.46. The highest BCUT2D eigenvalue weighted by atomic mass is 35.5. The summed E-state index contributed by atoms with van der Waals surface area (Å²) in [6.45, 7) is 1.82. The van der Waals surface area contributed by atoms with Gasteiger partial charge in [0, 0.05) is 5.69 Å². The maximum Gasteiger partial charge on any atom is 0.266 e. The maximum absolute atomic E-state index is 12.4. The van der Waals surface area contributed by atoms with Crippen molar-refractivity contribution in [1.29, 1.82) is 5.26 Å². The Labute approximate surface area is 191 Å². The number of rotatable bonds is 7. The molecule has 3 rings (SSSR count). The van der Waals surface area contributed by atoms with E-state index in [4.69, 9.17) is 16.3 Å². The summed E-state index contributed by atoms with van der Waals surface area (Å²) in [5.74, 6) is -0.352. The predicted octanol–water partition coefficient (Wildman–Crippen LogP) is 5.21. The van der Waals surface area contributed by atoms with Crippen LogP contribution >= 0.6 is 11.6 Å². The zero-order valence-corrected chi connectivity index (χ0v) is 18.0. The highest BCUT2D eigenvalue weighted by molar-refractivity contribution is 6.34. The lowest BCUT2D eigenvalue weighted by Crippen LogP contribution is -2.20. The monoisotopic (exact) mass is 445 g/mol. The van der Waals surface area contributed by atoms with Gasteiger partial charge in [0.05, 0.1) is 10.7 Å². The first kappa shape index (κ1) is 22.6. The second kappa shape index (κ2) is 10.8. The van der Waals surface area contributed by atoms with Gasteiger partial charge in [0.25, 0.3) is 11.8 Å². The highest BCUT2D eigenvalue weighted by Gasteiger charge is 2.11. The van der Waals surface area contributed by atoms with Crippen molar-refractivity contribution in [2.45, 2.75) is 6.92 Å². The van der Waals surface area contributed by atoms with Gasteiger partial charge in [-0.2, -0.15) is 5.26 Å². The maximum atomic E-state index is 12.4. The van der Waals surface area contributed by atoms with Gasteiger partial charge in [-0.25, -0.2) is 0 Å². The summed E-state index contributed by atoms with van der Waals surface area (Å²) in [5, 5.41) is 15.1. The van der Waals surface area contributed by atoms with Crippen LogP contribution in [0.4, 0.5) is 11.4 Å². The van der Waals surface area contributed by atoms with Crippen LogP contribution in [-0.2, 0) is 9.59 Å². The lowest BCUT2D eigenvalue weighted by Gasteiger charge is -2.08. The van der Waals surface area contributed by atoms with Crippen LogP contribution in [0.5, 0.6) is 5.75 Å². The second-order valence-corrected chi connectivity index (χ2v) is 7.28. The van der Waals surface area contributed by atoms with E-state index in [1.54, 1.807) is 48.5 Å². The summed E-state index contributed by atoms with van der Waals surface area (Å²) in [4.78, 5) is 24.4. The first-order chi connectivity index (χ1) is 15.4. The van der Waals surface area contributed by atoms with Crippen LogP contribution in [0, 0.1) is 18.3 Å². The Hall–Kier alpha value is -4.08. The zero-order chi connectivity index (χ0) is 22.9. The molecule has 160 valence electrons. The molecule has 3 aromatic carbocycles. The number of benzene rings is 3. The minimum atomic E-state index is -0.561. The topological polar surface area (TPSA) is 91.2 Å². The number of carbonyl (C=O) groups excluding carboxylic acids is 2. The summed E-state index contributed by atoms with van der Waals surface area (Å²) < 4.78 is 5.50. The molecule has 0 saturated carbocycles. The SMILES string of the molecule is Cc1ccc(NC(=O)COc2ccc(/C=C(\C#N)C(=O)Nc3ccccc3Cl)cc2)cc1. The molecule has 2 N–H and O–H groups in total. The van der Waals surface area contributed by atoms with E-state index >= 15 is 0 Å². The summed E-state index contributed by atoms with van der Waals surface area (Å²) in [6.07, 6.45) is 1.46. The smallest absolute Gasteiger partial charge is 0.266 e. The molecule has 0 atom stereocenters. The van der Waals surface area contributed by atoms with E-state index in [1.165, 1.54) is 6.08 Å². The molecule has 0 saturated heterocycles. The van der Waals surface area contributed by atoms with E-state index in [1.807, 2.05) is 37.3 Å². The molecular weight excluding hydrogens is 426 g/mol. The van der Waals surface area contributed by atoms with E-state index < -0.39 is 5.91 Å². The van der Waals surface area contributed by atoms with Crippen molar-refractivity contribution in [2.24, 2.45) is 0 Å². The first-order valence-corrected chi connectivity index (χ1v) is 10.1. The average molecular weight is 446 g/mol. The Morgan fingerprint density at radius 1 is 1.00 bits per heavy atom. The van der Waals surface area contributed by atoms with Crippen LogP contribution in [0.3, 0.4) is 0 Å². The molecule has 6 nitrogen and oxygen atoms in total. The molecule has 0 aliphatic heterocycles. The largest absolute Gasteiger partial charge is 0.484 e. The van der Waals surface area contributed by atoms with E-state index in [0.29, 0.717) is 27.7 Å². The number of hydrogen-bond acceptors (Lipinski definition) is 4. The number of halogens is 1. The third-order valence-corrected chi connectivity index (χ3v) is 4.71. The molecule has 0 spiro atoms. The van der Waals surface area contributed by atoms with Crippen LogP contribution in [0.2, 0.25) is 5.02 Å². The van der Waals surface area contributed by atoms with E-state index in [0.717, 1.165) is 5.56 Å². The molecule has 0 radical (unpaired) electrons. The number of carbonyl (C=O) groups is 2. The first-order valence-electron chi connectivity index (χ1n) is 9.71. The molecule has 0 aromatic heterocycles. The molecule has 3 aromatic rings. The van der Waals surface area contributed by atoms with Crippen molar-refractivity contribution in [3.05, 3.63) is 94.5 Å². The fourth-order valence-corrected chi connectivity index (χ4v) is 2.89. The van der Waals surface area contributed by atoms with Gasteiger partial charge in [-0.05, 0) is 55.0 Å². The molecule has 0 aliphatic rings. The Bertz CT molecular complexity index is 1180. The van der Waals surface area contributed by atoms with Crippen molar-refractivity contribution < 1.29 is 14.3 Å². The Balaban J connectivity index is 1.57. The quantitative estimate of drug-likeness (QED) is 0.385. The van der Waals surface area contributed by atoms with Gasteiger partial charge in [0.1, 0.15) is 17.4 Å². The minimum Gasteiger partial charge on any atom is -0.484 e. The van der Waals surface area contributed by atoms with E-state index in [2.05, 4.69) is 10.6 Å². The number of amides is 2. The predicted molar refractivity (Wildman–Crippen MR) is 125 cm³/mol. The van der Waals surface area contributed by atoms with E-state index in [9.17, 15) is 14.9 Å². The lowest BCUT2D eigenvalue weighted by molar-refractivity contribution is -0.118. The Morgan fingerprint density at radius 3 is 2.34 bits per heavy atom. The van der Waals surface area contributed by atoms with Gasteiger partial charge in [-0.15, -0.1) is 0 Å². The molecule has 7 heteroatoms. The van der Waals surface area contributed by atoms with E-state index in [-0.39, 0.29) is 18.1 Å². The molecular formula is C25H20ClN3O3. The summed E-state index contributed by atoms with van der Waals surface area (Å²) in [7, 11) is 0. The number of aryl methyl sites for hydroxylation is 1. The molecule has 0 fully saturated rings. The molecule has 0 unspecified atom stereocenters. The molecule has 0 aliphatic carbocycles. The second-order valence-electron chi connectivity index (χ2n) is 6.88. The van der Waals surface area contributed by atoms with Crippen molar-refractivity contribution in [3.63, 3.8) is 0 Å². The number of nitrogens with one attached hydrogen (secondary N) is 2. The van der Waals surface area contributed by atoms with Gasteiger partial charge in [-0.3, -0.25) is 9.59 Å². The van der Waals surface area contributed by atoms with Gasteiger partial charge < -0.3 is 15.4 Å². The Morgan fingerprint density at radius 2 is 1.69 bits per heavy atom. The van der Waals surface area contributed by atoms with Crippen molar-refractivity contribution in [3.8, 4) is 11.8 Å². The van der Waals surface area contributed by atoms with Crippen molar-refractivity contribution in [2.75, 3.05) is 17.2 Å². The standard InChI is InChI=1S/C25H20ClN3O3/c1-17-6-10-20(11-7-17)28-24(30)16-32-21-12-8-18(9-13-21)14-19(15-27)25(31)29-23-5-3-2-4-22(23)26/h2-14H,16H2,1H3,(H,28,30)(H,29,31)/b19-14+. The number of hydrogen-bond donors (Lipinski definition) is 2. The normalized spacial score (nSPS) is 10.7.